The van der Waals surface area contributed by atoms with Gasteiger partial charge in [0.05, 0.1) is 15.7 Å². The van der Waals surface area contributed by atoms with Crippen molar-refractivity contribution in [2.24, 2.45) is 5.92 Å². The van der Waals surface area contributed by atoms with Crippen molar-refractivity contribution in [3.8, 4) is 0 Å². The summed E-state index contributed by atoms with van der Waals surface area (Å²) in [5, 5.41) is 8.93. The standard InChI is InChI=1S/C12H12N2O2S/c15-6-8-4-14(5-8)12(16)9-1-2-10-11(3-9)17-7-13-10/h1-3,7-8,15H,4-6H2. The molecule has 1 aromatic carbocycles. The monoisotopic (exact) mass is 248 g/mol. The van der Waals surface area contributed by atoms with Crippen LogP contribution in [-0.4, -0.2) is 40.6 Å². The summed E-state index contributed by atoms with van der Waals surface area (Å²) >= 11 is 1.54. The van der Waals surface area contributed by atoms with E-state index in [1.807, 2.05) is 18.2 Å². The van der Waals surface area contributed by atoms with Gasteiger partial charge >= 0.3 is 0 Å². The zero-order valence-electron chi connectivity index (χ0n) is 9.17. The number of benzene rings is 1. The van der Waals surface area contributed by atoms with Crippen molar-refractivity contribution in [1.29, 1.82) is 0 Å². The lowest BCUT2D eigenvalue weighted by Gasteiger charge is -2.38. The van der Waals surface area contributed by atoms with Crippen LogP contribution in [0.25, 0.3) is 10.2 Å². The molecule has 17 heavy (non-hydrogen) atoms. The number of aliphatic hydroxyl groups excluding tert-OH is 1. The van der Waals surface area contributed by atoms with Gasteiger partial charge in [0.15, 0.2) is 0 Å². The van der Waals surface area contributed by atoms with Gasteiger partial charge < -0.3 is 10.0 Å². The predicted molar refractivity (Wildman–Crippen MR) is 66.1 cm³/mol. The molecule has 1 N–H and O–H groups in total. The SMILES string of the molecule is O=C(c1ccc2ncsc2c1)N1CC(CO)C1. The second-order valence-corrected chi connectivity index (χ2v) is 5.18. The van der Waals surface area contributed by atoms with Crippen molar-refractivity contribution in [2.45, 2.75) is 0 Å². The Labute approximate surface area is 103 Å². The van der Waals surface area contributed by atoms with Crippen LogP contribution in [0.4, 0.5) is 0 Å². The minimum Gasteiger partial charge on any atom is -0.396 e. The van der Waals surface area contributed by atoms with Crippen LogP contribution in [0.2, 0.25) is 0 Å². The van der Waals surface area contributed by atoms with Gasteiger partial charge in [0, 0.05) is 31.2 Å². The molecule has 0 unspecified atom stereocenters. The Morgan fingerprint density at radius 2 is 2.35 bits per heavy atom. The Kier molecular flexibility index (Phi) is 2.57. The number of carbonyl (C=O) groups excluding carboxylic acids is 1. The van der Waals surface area contributed by atoms with Gasteiger partial charge in [-0.1, -0.05) is 0 Å². The van der Waals surface area contributed by atoms with E-state index in [4.69, 9.17) is 5.11 Å². The lowest BCUT2D eigenvalue weighted by atomic mass is 10.00. The number of aromatic nitrogens is 1. The number of hydrogen-bond acceptors (Lipinski definition) is 4. The van der Waals surface area contributed by atoms with Crippen LogP contribution in [0.15, 0.2) is 23.7 Å². The summed E-state index contributed by atoms with van der Waals surface area (Å²) < 4.78 is 1.04. The molecule has 5 heteroatoms. The molecule has 2 heterocycles. The fraction of sp³-hybridized carbons (Fsp3) is 0.333. The number of amides is 1. The van der Waals surface area contributed by atoms with E-state index >= 15 is 0 Å². The van der Waals surface area contributed by atoms with E-state index < -0.39 is 0 Å². The van der Waals surface area contributed by atoms with E-state index in [1.165, 1.54) is 11.3 Å². The molecule has 3 rings (SSSR count). The van der Waals surface area contributed by atoms with E-state index in [2.05, 4.69) is 4.98 Å². The maximum Gasteiger partial charge on any atom is 0.253 e. The molecule has 1 fully saturated rings. The molecule has 0 atom stereocenters. The minimum absolute atomic E-state index is 0.0463. The van der Waals surface area contributed by atoms with E-state index in [-0.39, 0.29) is 18.4 Å². The number of rotatable bonds is 2. The van der Waals surface area contributed by atoms with Crippen LogP contribution in [0.1, 0.15) is 10.4 Å². The van der Waals surface area contributed by atoms with Crippen molar-refractivity contribution >= 4 is 27.5 Å². The first kappa shape index (κ1) is 10.7. The number of nitrogens with zero attached hydrogens (tertiary/aromatic N) is 2. The van der Waals surface area contributed by atoms with Crippen LogP contribution >= 0.6 is 11.3 Å². The van der Waals surface area contributed by atoms with Crippen LogP contribution < -0.4 is 0 Å². The highest BCUT2D eigenvalue weighted by atomic mass is 32.1. The van der Waals surface area contributed by atoms with Crippen molar-refractivity contribution in [3.63, 3.8) is 0 Å². The summed E-state index contributed by atoms with van der Waals surface area (Å²) in [6, 6.07) is 5.58. The molecular formula is C12H12N2O2S. The van der Waals surface area contributed by atoms with Crippen molar-refractivity contribution < 1.29 is 9.90 Å². The van der Waals surface area contributed by atoms with Crippen molar-refractivity contribution in [3.05, 3.63) is 29.3 Å². The smallest absolute Gasteiger partial charge is 0.253 e. The molecule has 0 aliphatic carbocycles. The maximum absolute atomic E-state index is 12.1. The maximum atomic E-state index is 12.1. The fourth-order valence-electron chi connectivity index (χ4n) is 2.02. The van der Waals surface area contributed by atoms with Gasteiger partial charge in [-0.3, -0.25) is 4.79 Å². The Hall–Kier alpha value is -1.46. The van der Waals surface area contributed by atoms with Crippen LogP contribution in [0.5, 0.6) is 0 Å². The van der Waals surface area contributed by atoms with Crippen molar-refractivity contribution in [1.82, 2.24) is 9.88 Å². The molecule has 0 bridgehead atoms. The number of carbonyl (C=O) groups is 1. The number of likely N-dealkylation sites (tertiary alicyclic amines) is 1. The Morgan fingerprint density at radius 3 is 3.12 bits per heavy atom. The van der Waals surface area contributed by atoms with E-state index in [1.54, 1.807) is 10.4 Å². The van der Waals surface area contributed by atoms with Crippen LogP contribution in [0.3, 0.4) is 0 Å². The molecule has 4 nitrogen and oxygen atoms in total. The molecule has 2 aromatic rings. The normalized spacial score (nSPS) is 16.2. The van der Waals surface area contributed by atoms with Crippen LogP contribution in [-0.2, 0) is 0 Å². The van der Waals surface area contributed by atoms with Gasteiger partial charge in [-0.25, -0.2) is 4.98 Å². The highest BCUT2D eigenvalue weighted by Crippen LogP contribution is 2.22. The zero-order valence-corrected chi connectivity index (χ0v) is 9.98. The predicted octanol–water partition coefficient (Wildman–Crippen LogP) is 1.36. The summed E-state index contributed by atoms with van der Waals surface area (Å²) in [4.78, 5) is 18.0. The Bertz CT molecular complexity index is 560. The van der Waals surface area contributed by atoms with Gasteiger partial charge in [-0.15, -0.1) is 11.3 Å². The van der Waals surface area contributed by atoms with Crippen LogP contribution in [0, 0.1) is 5.92 Å². The third-order valence-electron chi connectivity index (χ3n) is 3.08. The topological polar surface area (TPSA) is 53.4 Å². The summed E-state index contributed by atoms with van der Waals surface area (Å²) in [5.74, 6) is 0.302. The third kappa shape index (κ3) is 1.81. The van der Waals surface area contributed by atoms with Gasteiger partial charge in [0.1, 0.15) is 0 Å². The summed E-state index contributed by atoms with van der Waals surface area (Å²) in [6.45, 7) is 1.49. The first-order chi connectivity index (χ1) is 8.28. The number of thiazole rings is 1. The molecule has 1 saturated heterocycles. The van der Waals surface area contributed by atoms with Gasteiger partial charge in [-0.2, -0.15) is 0 Å². The Morgan fingerprint density at radius 1 is 1.53 bits per heavy atom. The molecule has 0 radical (unpaired) electrons. The van der Waals surface area contributed by atoms with Gasteiger partial charge in [0.25, 0.3) is 5.91 Å². The zero-order chi connectivity index (χ0) is 11.8. The molecular weight excluding hydrogens is 236 g/mol. The number of hydrogen-bond donors (Lipinski definition) is 1. The molecule has 1 amide bonds. The summed E-state index contributed by atoms with van der Waals surface area (Å²) in [5.41, 5.74) is 3.42. The molecule has 1 aliphatic rings. The lowest BCUT2D eigenvalue weighted by Crippen LogP contribution is -2.51. The first-order valence-electron chi connectivity index (χ1n) is 5.51. The Balaban J connectivity index is 1.81. The second-order valence-electron chi connectivity index (χ2n) is 4.29. The summed E-state index contributed by atoms with van der Waals surface area (Å²) in [6.07, 6.45) is 0. The van der Waals surface area contributed by atoms with E-state index in [0.717, 1.165) is 10.2 Å². The number of fused-ring (bicyclic) bond motifs is 1. The average molecular weight is 248 g/mol. The first-order valence-corrected chi connectivity index (χ1v) is 6.39. The van der Waals surface area contributed by atoms with Crippen molar-refractivity contribution in [2.75, 3.05) is 19.7 Å². The van der Waals surface area contributed by atoms with E-state index in [0.29, 0.717) is 18.7 Å². The largest absolute Gasteiger partial charge is 0.396 e. The molecule has 0 saturated carbocycles. The quantitative estimate of drug-likeness (QED) is 0.873. The van der Waals surface area contributed by atoms with Gasteiger partial charge in [0.2, 0.25) is 0 Å². The molecule has 88 valence electrons. The lowest BCUT2D eigenvalue weighted by molar-refractivity contribution is 0.0362. The minimum atomic E-state index is 0.0463. The average Bonchev–Trinajstić information content (AvgIpc) is 2.74. The number of aliphatic hydroxyl groups is 1. The highest BCUT2D eigenvalue weighted by molar-refractivity contribution is 7.16. The van der Waals surface area contributed by atoms with Gasteiger partial charge in [-0.05, 0) is 18.2 Å². The third-order valence-corrected chi connectivity index (χ3v) is 3.87. The summed E-state index contributed by atoms with van der Waals surface area (Å²) in [7, 11) is 0. The van der Waals surface area contributed by atoms with E-state index in [9.17, 15) is 4.79 Å². The molecule has 0 spiro atoms. The fourth-order valence-corrected chi connectivity index (χ4v) is 2.74. The highest BCUT2D eigenvalue weighted by Gasteiger charge is 2.30. The molecule has 1 aliphatic heterocycles. The molecule has 1 aromatic heterocycles. The second kappa shape index (κ2) is 4.09.